The molecule has 0 unspecified atom stereocenters. The van der Waals surface area contributed by atoms with E-state index in [0.29, 0.717) is 52.6 Å². The molecule has 0 aromatic carbocycles. The van der Waals surface area contributed by atoms with Crippen molar-refractivity contribution in [3.63, 3.8) is 0 Å². The van der Waals surface area contributed by atoms with E-state index in [1.54, 1.807) is 40.8 Å². The van der Waals surface area contributed by atoms with Gasteiger partial charge in [0.05, 0.1) is 26.4 Å². The van der Waals surface area contributed by atoms with E-state index in [1.165, 1.54) is 0 Å². The summed E-state index contributed by atoms with van der Waals surface area (Å²) in [5, 5.41) is 23.6. The van der Waals surface area contributed by atoms with E-state index in [0.717, 1.165) is 0 Å². The fraction of sp³-hybridized carbons (Fsp3) is 0.833. The van der Waals surface area contributed by atoms with E-state index in [9.17, 15) is 10.2 Å². The van der Waals surface area contributed by atoms with Gasteiger partial charge >= 0.3 is 45.5 Å². The molecule has 0 radical (unpaired) electrons. The average molecular weight is 548 g/mol. The minimum atomic E-state index is -0.335. The van der Waals surface area contributed by atoms with Gasteiger partial charge in [-0.3, -0.25) is 0 Å². The summed E-state index contributed by atoms with van der Waals surface area (Å²) in [4.78, 5) is 3.89. The average Bonchev–Trinajstić information content (AvgIpc) is 2.70. The molecule has 0 rings (SSSR count). The first-order valence-corrected chi connectivity index (χ1v) is 11.1. The number of ether oxygens (including phenoxy) is 4. The Labute approximate surface area is 240 Å². The van der Waals surface area contributed by atoms with Crippen LogP contribution < -0.4 is 10.2 Å². The van der Waals surface area contributed by atoms with E-state index in [1.807, 2.05) is 51.3 Å². The van der Waals surface area contributed by atoms with Crippen molar-refractivity contribution in [3.8, 4) is 0 Å². The molecule has 0 aliphatic heterocycles. The van der Waals surface area contributed by atoms with Gasteiger partial charge in [-0.2, -0.15) is 0 Å². The molecule has 0 atom stereocenters. The molecule has 33 heavy (non-hydrogen) atoms. The van der Waals surface area contributed by atoms with Crippen molar-refractivity contribution in [2.75, 3.05) is 81.0 Å². The summed E-state index contributed by atoms with van der Waals surface area (Å²) < 4.78 is 20.0. The molecule has 0 bridgehead atoms. The van der Waals surface area contributed by atoms with Gasteiger partial charge in [0.15, 0.2) is 0 Å². The number of nitrogens with zero attached hydrogens (tertiary/aromatic N) is 2. The third kappa shape index (κ3) is 22.2. The van der Waals surface area contributed by atoms with Crippen molar-refractivity contribution in [1.29, 1.82) is 0 Å². The summed E-state index contributed by atoms with van der Waals surface area (Å²) >= 11 is 0. The molecule has 0 aromatic rings. The van der Waals surface area contributed by atoms with Crippen LogP contribution in [0.25, 0.3) is 0 Å². The number of rotatable bonds is 14. The molecule has 0 fully saturated rings. The zero-order valence-corrected chi connectivity index (χ0v) is 26.3. The maximum absolute atomic E-state index is 11.8. The second-order valence-electron chi connectivity index (χ2n) is 9.53. The van der Waals surface area contributed by atoms with Crippen molar-refractivity contribution in [2.45, 2.75) is 41.5 Å². The molecule has 0 aliphatic carbocycles. The summed E-state index contributed by atoms with van der Waals surface area (Å²) in [6.07, 6.45) is 3.33. The molecule has 192 valence electrons. The summed E-state index contributed by atoms with van der Waals surface area (Å²) in [7, 11) is 6.61. The van der Waals surface area contributed by atoms with Gasteiger partial charge in [0.25, 0.3) is 0 Å². The second kappa shape index (κ2) is 21.3. The predicted octanol–water partition coefficient (Wildman–Crippen LogP) is 1.28. The Hall–Kier alpha value is 0.000519. The molecule has 0 aliphatic rings. The van der Waals surface area contributed by atoms with Crippen LogP contribution in [-0.4, -0.2) is 136 Å². The van der Waals surface area contributed by atoms with Crippen molar-refractivity contribution >= 4 is 45.5 Å². The van der Waals surface area contributed by atoms with Gasteiger partial charge in [-0.05, 0) is 23.2 Å². The van der Waals surface area contributed by atoms with E-state index < -0.39 is 0 Å². The zero-order valence-electron chi connectivity index (χ0n) is 22.9. The molecule has 9 heteroatoms. The Bertz CT molecular complexity index is 454. The smallest absolute Gasteiger partial charge is 0.874 e. The van der Waals surface area contributed by atoms with Crippen LogP contribution in [0, 0.1) is 10.8 Å². The van der Waals surface area contributed by atoms with E-state index in [2.05, 4.69) is 0 Å². The third-order valence-electron chi connectivity index (χ3n) is 4.41. The van der Waals surface area contributed by atoms with Gasteiger partial charge in [0.2, 0.25) is 0 Å². The largest absolute Gasteiger partial charge is 2.00 e. The van der Waals surface area contributed by atoms with Crippen molar-refractivity contribution < 1.29 is 29.2 Å². The van der Waals surface area contributed by atoms with Crippen LogP contribution in [0.4, 0.5) is 0 Å². The molecule has 8 nitrogen and oxygen atoms in total. The molecule has 0 aromatic heterocycles. The molecule has 0 heterocycles. The molecule has 0 amide bonds. The maximum atomic E-state index is 11.8. The molecule has 0 spiro atoms. The Morgan fingerprint density at radius 1 is 0.576 bits per heavy atom. The minimum Gasteiger partial charge on any atom is -0.874 e. The fourth-order valence-corrected chi connectivity index (χ4v) is 2.03. The Kier molecular flexibility index (Phi) is 24.2. The van der Waals surface area contributed by atoms with Gasteiger partial charge in [-0.25, -0.2) is 0 Å². The monoisotopic (exact) mass is 548 g/mol. The number of hydrogen-bond donors (Lipinski definition) is 0. The molecular formula is C24H48N2O6Sr. The van der Waals surface area contributed by atoms with Crippen LogP contribution in [0.3, 0.4) is 0 Å². The van der Waals surface area contributed by atoms with Crippen molar-refractivity contribution in [1.82, 2.24) is 9.80 Å². The van der Waals surface area contributed by atoms with Gasteiger partial charge < -0.3 is 39.0 Å². The normalized spacial score (nSPS) is 12.5. The van der Waals surface area contributed by atoms with Crippen molar-refractivity contribution in [2.24, 2.45) is 10.8 Å². The summed E-state index contributed by atoms with van der Waals surface area (Å²) in [5.41, 5.74) is -0.670. The van der Waals surface area contributed by atoms with Crippen molar-refractivity contribution in [3.05, 3.63) is 23.9 Å². The van der Waals surface area contributed by atoms with E-state index in [4.69, 9.17) is 18.9 Å². The third-order valence-corrected chi connectivity index (χ3v) is 4.41. The van der Waals surface area contributed by atoms with Crippen LogP contribution in [-0.2, 0) is 18.9 Å². The number of hydrogen-bond acceptors (Lipinski definition) is 8. The molecular weight excluding hydrogens is 500 g/mol. The SMILES string of the molecule is COCCN(/C=C(\[O-])C(C)(C)C)CCOC.COCCN(/C=C(\[O-])C(C)(C)C)CCOC.[Sr+2]. The summed E-state index contributed by atoms with van der Waals surface area (Å²) in [5.74, 6) is 0.249. The van der Waals surface area contributed by atoms with Gasteiger partial charge in [-0.15, -0.1) is 11.5 Å². The zero-order chi connectivity index (χ0) is 25.2. The first-order valence-electron chi connectivity index (χ1n) is 11.1. The fourth-order valence-electron chi connectivity index (χ4n) is 2.03. The maximum Gasteiger partial charge on any atom is 2.00 e. The van der Waals surface area contributed by atoms with E-state index >= 15 is 0 Å². The van der Waals surface area contributed by atoms with Gasteiger partial charge in [-0.1, -0.05) is 41.5 Å². The minimum absolute atomic E-state index is 0. The number of methoxy groups -OCH3 is 4. The summed E-state index contributed by atoms with van der Waals surface area (Å²) in [6.45, 7) is 16.8. The van der Waals surface area contributed by atoms with Crippen LogP contribution >= 0.6 is 0 Å². The first kappa shape index (κ1) is 37.5. The Morgan fingerprint density at radius 3 is 0.939 bits per heavy atom. The number of allylic oxidation sites excluding steroid dienone is 2. The van der Waals surface area contributed by atoms with Crippen LogP contribution in [0.5, 0.6) is 0 Å². The Morgan fingerprint density at radius 2 is 0.788 bits per heavy atom. The topological polar surface area (TPSA) is 89.5 Å². The predicted molar refractivity (Wildman–Crippen MR) is 131 cm³/mol. The van der Waals surface area contributed by atoms with Crippen LogP contribution in [0.2, 0.25) is 0 Å². The standard InChI is InChI=1S/2C12H25NO3.Sr/c2*1-12(2,3)11(14)10-13(6-8-15-4)7-9-16-5;/h2*10,14H,6-9H2,1-5H3;/q;;+2/p-2/b2*11-10-;. The molecule has 0 N–H and O–H groups in total. The van der Waals surface area contributed by atoms with E-state index in [-0.39, 0.29) is 67.8 Å². The Balaban J connectivity index is -0.000000529. The van der Waals surface area contributed by atoms with Crippen LogP contribution in [0.1, 0.15) is 41.5 Å². The van der Waals surface area contributed by atoms with Crippen LogP contribution in [0.15, 0.2) is 23.9 Å². The first-order chi connectivity index (χ1) is 14.8. The molecule has 0 saturated carbocycles. The van der Waals surface area contributed by atoms with Gasteiger partial charge in [0, 0.05) is 54.6 Å². The summed E-state index contributed by atoms with van der Waals surface area (Å²) in [6, 6.07) is 0. The molecule has 0 saturated heterocycles. The quantitative estimate of drug-likeness (QED) is 0.237. The van der Waals surface area contributed by atoms with Gasteiger partial charge in [0.1, 0.15) is 0 Å². The second-order valence-corrected chi connectivity index (χ2v) is 9.53.